The molecule has 216 valence electrons. The van der Waals surface area contributed by atoms with E-state index in [-0.39, 0.29) is 36.6 Å². The van der Waals surface area contributed by atoms with Crippen molar-refractivity contribution < 1.29 is 37.1 Å². The molecule has 10 atom stereocenters. The first-order valence-corrected chi connectivity index (χ1v) is 13.6. The fourth-order valence-corrected chi connectivity index (χ4v) is 7.92. The standard InChI is InChI=1S/C26H36F3N5O5/c1-25(2,3)19(33-24(39)26(27,28)29)23(38)34-9-15-13-8-14(12-7-11(12)13)17(15)18(34)22(37)32-16(20(30)35)6-10-4-5-31-21(10)36/h10-19H,4-9H2,1-3H3,(H2,30,35)(H,31,36)(H,32,37)(H,33,39)/t10-,11-,12+,13-,14+,15+,16-,17-,18-,19+/m0/s1. The summed E-state index contributed by atoms with van der Waals surface area (Å²) in [5.41, 5.74) is 4.50. The summed E-state index contributed by atoms with van der Waals surface area (Å²) in [6, 6.07) is -3.68. The molecule has 2 heterocycles. The Morgan fingerprint density at radius 3 is 2.21 bits per heavy atom. The van der Waals surface area contributed by atoms with Gasteiger partial charge >= 0.3 is 12.1 Å². The minimum absolute atomic E-state index is 0.0185. The van der Waals surface area contributed by atoms with Crippen LogP contribution >= 0.6 is 0 Å². The van der Waals surface area contributed by atoms with Crippen molar-refractivity contribution >= 4 is 29.5 Å². The lowest BCUT2D eigenvalue weighted by Crippen LogP contribution is -2.61. The number of hydrogen-bond donors (Lipinski definition) is 4. The van der Waals surface area contributed by atoms with E-state index in [0.29, 0.717) is 30.7 Å². The van der Waals surface area contributed by atoms with Crippen LogP contribution in [-0.2, 0) is 24.0 Å². The molecule has 5 N–H and O–H groups in total. The number of nitrogens with zero attached hydrogens (tertiary/aromatic N) is 1. The molecule has 0 radical (unpaired) electrons. The van der Waals surface area contributed by atoms with Crippen LogP contribution in [0, 0.1) is 46.8 Å². The molecule has 5 amide bonds. The Labute approximate surface area is 224 Å². The van der Waals surface area contributed by atoms with Crippen LogP contribution in [0.4, 0.5) is 13.2 Å². The molecule has 13 heteroatoms. The lowest BCUT2D eigenvalue weighted by atomic mass is 9.78. The van der Waals surface area contributed by atoms with Crippen LogP contribution in [0.15, 0.2) is 0 Å². The van der Waals surface area contributed by atoms with Crippen LogP contribution in [0.25, 0.3) is 0 Å². The van der Waals surface area contributed by atoms with Crippen LogP contribution < -0.4 is 21.7 Å². The number of amides is 5. The minimum atomic E-state index is -5.18. The molecule has 10 nitrogen and oxygen atoms in total. The normalized spacial score (nSPS) is 36.1. The van der Waals surface area contributed by atoms with Gasteiger partial charge < -0.3 is 26.6 Å². The van der Waals surface area contributed by atoms with Gasteiger partial charge in [-0.1, -0.05) is 20.8 Å². The van der Waals surface area contributed by atoms with Gasteiger partial charge in [-0.25, -0.2) is 0 Å². The Morgan fingerprint density at radius 1 is 1.03 bits per heavy atom. The number of halogens is 3. The first kappa shape index (κ1) is 27.7. The summed E-state index contributed by atoms with van der Waals surface area (Å²) in [5, 5.41) is 7.22. The molecular weight excluding hydrogens is 519 g/mol. The van der Waals surface area contributed by atoms with E-state index in [9.17, 15) is 37.1 Å². The lowest BCUT2D eigenvalue weighted by Gasteiger charge is -2.37. The summed E-state index contributed by atoms with van der Waals surface area (Å²) in [5.74, 6) is -3.70. The second-order valence-corrected chi connectivity index (χ2v) is 13.0. The number of nitrogens with two attached hydrogens (primary N) is 1. The zero-order valence-corrected chi connectivity index (χ0v) is 22.2. The van der Waals surface area contributed by atoms with E-state index >= 15 is 0 Å². The van der Waals surface area contributed by atoms with Gasteiger partial charge in [-0.2, -0.15) is 13.2 Å². The third kappa shape index (κ3) is 4.86. The van der Waals surface area contributed by atoms with Gasteiger partial charge in [0.1, 0.15) is 18.1 Å². The van der Waals surface area contributed by atoms with Gasteiger partial charge in [-0.3, -0.25) is 24.0 Å². The number of likely N-dealkylation sites (tertiary alicyclic amines) is 1. The number of alkyl halides is 3. The molecule has 5 aliphatic rings. The van der Waals surface area contributed by atoms with Crippen molar-refractivity contribution in [3.8, 4) is 0 Å². The largest absolute Gasteiger partial charge is 0.471 e. The molecule has 3 aliphatic carbocycles. The summed E-state index contributed by atoms with van der Waals surface area (Å²) >= 11 is 0. The van der Waals surface area contributed by atoms with Crippen molar-refractivity contribution in [1.29, 1.82) is 0 Å². The topological polar surface area (TPSA) is 151 Å². The Balaban J connectivity index is 1.41. The van der Waals surface area contributed by atoms with Crippen LogP contribution in [0.5, 0.6) is 0 Å². The number of rotatable bonds is 7. The van der Waals surface area contributed by atoms with Gasteiger partial charge in [0.25, 0.3) is 0 Å². The Bertz CT molecular complexity index is 1090. The molecule has 2 saturated heterocycles. The Morgan fingerprint density at radius 2 is 1.64 bits per heavy atom. The highest BCUT2D eigenvalue weighted by Crippen LogP contribution is 2.71. The predicted octanol–water partition coefficient (Wildman–Crippen LogP) is 0.305. The minimum Gasteiger partial charge on any atom is -0.368 e. The number of carbonyl (C=O) groups excluding carboxylic acids is 5. The maximum atomic E-state index is 13.9. The highest BCUT2D eigenvalue weighted by molar-refractivity contribution is 5.96. The van der Waals surface area contributed by atoms with Crippen molar-refractivity contribution in [1.82, 2.24) is 20.9 Å². The van der Waals surface area contributed by atoms with Crippen molar-refractivity contribution in [2.45, 2.75) is 70.8 Å². The lowest BCUT2D eigenvalue weighted by molar-refractivity contribution is -0.176. The fourth-order valence-electron chi connectivity index (χ4n) is 7.92. The highest BCUT2D eigenvalue weighted by atomic mass is 19.4. The molecule has 3 saturated carbocycles. The van der Waals surface area contributed by atoms with Gasteiger partial charge in [0.15, 0.2) is 0 Å². The average Bonchev–Trinajstić information content (AvgIpc) is 3.10. The van der Waals surface area contributed by atoms with Crippen molar-refractivity contribution in [3.05, 3.63) is 0 Å². The molecule has 5 rings (SSSR count). The maximum Gasteiger partial charge on any atom is 0.471 e. The molecule has 0 spiro atoms. The number of nitrogens with one attached hydrogen (secondary N) is 3. The van der Waals surface area contributed by atoms with E-state index in [0.717, 1.165) is 12.8 Å². The maximum absolute atomic E-state index is 13.9. The first-order chi connectivity index (χ1) is 18.1. The van der Waals surface area contributed by atoms with Crippen LogP contribution in [-0.4, -0.2) is 71.8 Å². The molecule has 0 unspecified atom stereocenters. The van der Waals surface area contributed by atoms with Gasteiger partial charge in [0.2, 0.25) is 23.6 Å². The molecule has 2 aliphatic heterocycles. The Kier molecular flexibility index (Phi) is 6.65. The van der Waals surface area contributed by atoms with E-state index in [1.54, 1.807) is 20.8 Å². The van der Waals surface area contributed by atoms with E-state index in [4.69, 9.17) is 5.73 Å². The molecule has 0 aromatic heterocycles. The van der Waals surface area contributed by atoms with E-state index in [1.807, 2.05) is 5.32 Å². The van der Waals surface area contributed by atoms with Crippen LogP contribution in [0.3, 0.4) is 0 Å². The zero-order valence-electron chi connectivity index (χ0n) is 22.2. The van der Waals surface area contributed by atoms with E-state index < -0.39 is 59.3 Å². The second kappa shape index (κ2) is 9.36. The number of primary amides is 1. The first-order valence-electron chi connectivity index (χ1n) is 13.6. The van der Waals surface area contributed by atoms with E-state index in [1.165, 1.54) is 4.90 Å². The molecule has 0 aromatic rings. The summed E-state index contributed by atoms with van der Waals surface area (Å²) in [4.78, 5) is 65.3. The average molecular weight is 556 g/mol. The molecule has 5 fully saturated rings. The Hall–Kier alpha value is -2.86. The molecule has 2 bridgehead atoms. The molecular formula is C26H36F3N5O5. The zero-order chi connectivity index (χ0) is 28.6. The molecule has 39 heavy (non-hydrogen) atoms. The molecule has 0 aromatic carbocycles. The summed E-state index contributed by atoms with van der Waals surface area (Å²) in [6.45, 7) is 5.31. The quantitative estimate of drug-likeness (QED) is 0.357. The third-order valence-corrected chi connectivity index (χ3v) is 9.72. The van der Waals surface area contributed by atoms with Gasteiger partial charge in [-0.15, -0.1) is 0 Å². The van der Waals surface area contributed by atoms with Gasteiger partial charge in [0.05, 0.1) is 0 Å². The van der Waals surface area contributed by atoms with Crippen LogP contribution in [0.1, 0.15) is 46.5 Å². The SMILES string of the molecule is CC(C)(C)[C@H](NC(=O)C(F)(F)F)C(=O)N1C[C@@H]2[C@H]3C[C@H]([C@@H]4C[C@@H]43)[C@@H]2[C@H]1C(=O)N[C@@H](C[C@@H]1CCNC1=O)C(N)=O. The van der Waals surface area contributed by atoms with Crippen molar-refractivity contribution in [3.63, 3.8) is 0 Å². The number of fused-ring (bicyclic) bond motifs is 8. The second-order valence-electron chi connectivity index (χ2n) is 13.0. The summed E-state index contributed by atoms with van der Waals surface area (Å²) in [6.07, 6.45) is -2.63. The van der Waals surface area contributed by atoms with Crippen molar-refractivity contribution in [2.24, 2.45) is 52.6 Å². The van der Waals surface area contributed by atoms with Gasteiger partial charge in [-0.05, 0) is 66.6 Å². The van der Waals surface area contributed by atoms with Crippen LogP contribution in [0.2, 0.25) is 0 Å². The van der Waals surface area contributed by atoms with E-state index in [2.05, 4.69) is 10.6 Å². The number of hydrogen-bond acceptors (Lipinski definition) is 5. The monoisotopic (exact) mass is 555 g/mol. The summed E-state index contributed by atoms with van der Waals surface area (Å²) < 4.78 is 39.4. The predicted molar refractivity (Wildman–Crippen MR) is 130 cm³/mol. The summed E-state index contributed by atoms with van der Waals surface area (Å²) in [7, 11) is 0. The van der Waals surface area contributed by atoms with Gasteiger partial charge in [0, 0.05) is 19.0 Å². The third-order valence-electron chi connectivity index (χ3n) is 9.72. The highest BCUT2D eigenvalue weighted by Gasteiger charge is 2.70. The van der Waals surface area contributed by atoms with Crippen molar-refractivity contribution in [2.75, 3.05) is 13.1 Å². The fraction of sp³-hybridized carbons (Fsp3) is 0.808. The number of carbonyl (C=O) groups is 5. The smallest absolute Gasteiger partial charge is 0.368 e.